The molecule has 0 saturated heterocycles. The molecule has 1 atom stereocenters. The maximum Gasteiger partial charge on any atom is 0.362 e. The number of anilines is 1. The molecule has 8 heteroatoms. The van der Waals surface area contributed by atoms with Crippen molar-refractivity contribution >= 4 is 17.8 Å². The first-order chi connectivity index (χ1) is 12.5. The topological polar surface area (TPSA) is 99.9 Å². The third kappa shape index (κ3) is 3.63. The van der Waals surface area contributed by atoms with Crippen LogP contribution in [-0.4, -0.2) is 36.2 Å². The Morgan fingerprint density at radius 1 is 1.31 bits per heavy atom. The van der Waals surface area contributed by atoms with Crippen LogP contribution in [0.25, 0.3) is 0 Å². The van der Waals surface area contributed by atoms with Gasteiger partial charge in [0.1, 0.15) is 6.61 Å². The van der Waals surface area contributed by atoms with Crippen LogP contribution in [0.5, 0.6) is 11.5 Å². The van der Waals surface area contributed by atoms with E-state index >= 15 is 0 Å². The molecule has 1 amide bonds. The number of nitrogens with one attached hydrogen (secondary N) is 1. The quantitative estimate of drug-likeness (QED) is 0.818. The second kappa shape index (κ2) is 7.47. The number of ether oxygens (including phenoxy) is 3. The van der Waals surface area contributed by atoms with Crippen LogP contribution in [0.4, 0.5) is 5.88 Å². The zero-order chi connectivity index (χ0) is 18.7. The third-order valence-electron chi connectivity index (χ3n) is 3.64. The van der Waals surface area contributed by atoms with E-state index in [-0.39, 0.29) is 30.7 Å². The van der Waals surface area contributed by atoms with Gasteiger partial charge in [-0.3, -0.25) is 10.1 Å². The van der Waals surface area contributed by atoms with Crippen molar-refractivity contribution in [1.82, 2.24) is 4.98 Å². The van der Waals surface area contributed by atoms with Crippen LogP contribution in [0, 0.1) is 0 Å². The standard InChI is InChI=1S/C18H20N2O6/c1-4-23-18(22)14-17(26-16(19-14)10(2)3)20-15(21)13-9-24-11-7-5-6-8-12(11)25-13/h5-8,10,13H,4,9H2,1-3H3,(H,20,21). The predicted octanol–water partition coefficient (Wildman–Crippen LogP) is 2.75. The van der Waals surface area contributed by atoms with Crippen LogP contribution >= 0.6 is 0 Å². The normalized spacial score (nSPS) is 15.6. The van der Waals surface area contributed by atoms with E-state index in [2.05, 4.69) is 10.3 Å². The highest BCUT2D eigenvalue weighted by molar-refractivity contribution is 6.00. The molecule has 0 aliphatic carbocycles. The van der Waals surface area contributed by atoms with Gasteiger partial charge < -0.3 is 18.6 Å². The van der Waals surface area contributed by atoms with Crippen molar-refractivity contribution in [3.63, 3.8) is 0 Å². The van der Waals surface area contributed by atoms with Gasteiger partial charge in [0.25, 0.3) is 5.91 Å². The lowest BCUT2D eigenvalue weighted by Crippen LogP contribution is -2.40. The zero-order valence-electron chi connectivity index (χ0n) is 14.8. The van der Waals surface area contributed by atoms with Crippen molar-refractivity contribution in [1.29, 1.82) is 0 Å². The fourth-order valence-corrected chi connectivity index (χ4v) is 2.35. The molecule has 26 heavy (non-hydrogen) atoms. The van der Waals surface area contributed by atoms with Gasteiger partial charge in [0, 0.05) is 5.92 Å². The average Bonchev–Trinajstić information content (AvgIpc) is 3.05. The molecule has 1 aromatic heterocycles. The van der Waals surface area contributed by atoms with Gasteiger partial charge in [-0.25, -0.2) is 9.78 Å². The minimum atomic E-state index is -0.882. The van der Waals surface area contributed by atoms with Crippen molar-refractivity contribution in [2.75, 3.05) is 18.5 Å². The van der Waals surface area contributed by atoms with E-state index in [1.807, 2.05) is 19.9 Å². The zero-order valence-corrected chi connectivity index (χ0v) is 14.8. The van der Waals surface area contributed by atoms with Crippen molar-refractivity contribution in [3.05, 3.63) is 35.9 Å². The maximum absolute atomic E-state index is 12.5. The Morgan fingerprint density at radius 3 is 2.73 bits per heavy atom. The molecular weight excluding hydrogens is 340 g/mol. The van der Waals surface area contributed by atoms with Gasteiger partial charge in [0.05, 0.1) is 6.61 Å². The summed E-state index contributed by atoms with van der Waals surface area (Å²) in [6, 6.07) is 7.07. The molecule has 1 unspecified atom stereocenters. The van der Waals surface area contributed by atoms with Gasteiger partial charge in [-0.2, -0.15) is 0 Å². The molecule has 0 spiro atoms. The van der Waals surface area contributed by atoms with Crippen molar-refractivity contribution in [3.8, 4) is 11.5 Å². The number of para-hydroxylation sites is 2. The van der Waals surface area contributed by atoms with Gasteiger partial charge in [-0.05, 0) is 19.1 Å². The fraction of sp³-hybridized carbons (Fsp3) is 0.389. The molecule has 1 aliphatic rings. The predicted molar refractivity (Wildman–Crippen MR) is 91.5 cm³/mol. The van der Waals surface area contributed by atoms with Crippen LogP contribution in [0.15, 0.2) is 28.7 Å². The number of fused-ring (bicyclic) bond motifs is 1. The Kier molecular flexibility index (Phi) is 5.11. The van der Waals surface area contributed by atoms with E-state index < -0.39 is 18.0 Å². The van der Waals surface area contributed by atoms with Crippen LogP contribution in [0.1, 0.15) is 43.1 Å². The lowest BCUT2D eigenvalue weighted by molar-refractivity contribution is -0.125. The Balaban J connectivity index is 1.78. The summed E-state index contributed by atoms with van der Waals surface area (Å²) in [5.74, 6) is 0.0979. The second-order valence-electron chi connectivity index (χ2n) is 5.96. The summed E-state index contributed by atoms with van der Waals surface area (Å²) in [5, 5.41) is 2.55. The average molecular weight is 360 g/mol. The molecule has 0 fully saturated rings. The first-order valence-corrected chi connectivity index (χ1v) is 8.36. The van der Waals surface area contributed by atoms with Crippen molar-refractivity contribution in [2.24, 2.45) is 0 Å². The maximum atomic E-state index is 12.5. The summed E-state index contributed by atoms with van der Waals surface area (Å²) < 4.78 is 21.7. The van der Waals surface area contributed by atoms with Crippen LogP contribution in [0.2, 0.25) is 0 Å². The molecule has 138 valence electrons. The van der Waals surface area contributed by atoms with Gasteiger partial charge in [0.15, 0.2) is 17.4 Å². The number of amides is 1. The van der Waals surface area contributed by atoms with Gasteiger partial charge >= 0.3 is 5.97 Å². The number of esters is 1. The molecule has 3 rings (SSSR count). The molecule has 2 aromatic rings. The Hall–Kier alpha value is -3.03. The second-order valence-corrected chi connectivity index (χ2v) is 5.96. The lowest BCUT2D eigenvalue weighted by Gasteiger charge is -2.25. The number of oxazole rings is 1. The number of carbonyl (C=O) groups is 2. The summed E-state index contributed by atoms with van der Waals surface area (Å²) in [6.07, 6.45) is -0.882. The van der Waals surface area contributed by atoms with E-state index in [0.29, 0.717) is 17.4 Å². The number of hydrogen-bond acceptors (Lipinski definition) is 7. The summed E-state index contributed by atoms with van der Waals surface area (Å²) in [7, 11) is 0. The highest BCUT2D eigenvalue weighted by atomic mass is 16.6. The smallest absolute Gasteiger partial charge is 0.362 e. The molecule has 8 nitrogen and oxygen atoms in total. The Labute approximate surface area is 150 Å². The van der Waals surface area contributed by atoms with E-state index in [4.69, 9.17) is 18.6 Å². The summed E-state index contributed by atoms with van der Waals surface area (Å²) >= 11 is 0. The number of benzene rings is 1. The van der Waals surface area contributed by atoms with E-state index in [9.17, 15) is 9.59 Å². The number of rotatable bonds is 5. The van der Waals surface area contributed by atoms with Crippen molar-refractivity contribution in [2.45, 2.75) is 32.8 Å². The molecular formula is C18H20N2O6. The van der Waals surface area contributed by atoms with E-state index in [1.165, 1.54) is 0 Å². The Morgan fingerprint density at radius 2 is 2.04 bits per heavy atom. The summed E-state index contributed by atoms with van der Waals surface area (Å²) in [6.45, 7) is 5.64. The lowest BCUT2D eigenvalue weighted by atomic mass is 10.2. The number of hydrogen-bond donors (Lipinski definition) is 1. The molecule has 1 aliphatic heterocycles. The van der Waals surface area contributed by atoms with Gasteiger partial charge in [-0.15, -0.1) is 0 Å². The monoisotopic (exact) mass is 360 g/mol. The van der Waals surface area contributed by atoms with Crippen molar-refractivity contribution < 1.29 is 28.2 Å². The SMILES string of the molecule is CCOC(=O)c1nc(C(C)C)oc1NC(=O)C1COc2ccccc2O1. The number of nitrogens with zero attached hydrogens (tertiary/aromatic N) is 1. The minimum absolute atomic E-state index is 0.0444. The largest absolute Gasteiger partial charge is 0.485 e. The third-order valence-corrected chi connectivity index (χ3v) is 3.64. The first kappa shape index (κ1) is 17.8. The van der Waals surface area contributed by atoms with E-state index in [1.54, 1.807) is 25.1 Å². The molecule has 0 saturated carbocycles. The molecule has 0 bridgehead atoms. The summed E-state index contributed by atoms with van der Waals surface area (Å²) in [4.78, 5) is 28.7. The fourth-order valence-electron chi connectivity index (χ4n) is 2.35. The molecule has 1 N–H and O–H groups in total. The molecule has 0 radical (unpaired) electrons. The highest BCUT2D eigenvalue weighted by Gasteiger charge is 2.31. The minimum Gasteiger partial charge on any atom is -0.485 e. The highest BCUT2D eigenvalue weighted by Crippen LogP contribution is 2.31. The van der Waals surface area contributed by atoms with Crippen LogP contribution in [-0.2, 0) is 9.53 Å². The van der Waals surface area contributed by atoms with Crippen LogP contribution in [0.3, 0.4) is 0 Å². The molecule has 2 heterocycles. The van der Waals surface area contributed by atoms with Crippen LogP contribution < -0.4 is 14.8 Å². The van der Waals surface area contributed by atoms with E-state index in [0.717, 1.165) is 0 Å². The number of carbonyl (C=O) groups excluding carboxylic acids is 2. The Bertz CT molecular complexity index is 814. The molecule has 1 aromatic carbocycles. The van der Waals surface area contributed by atoms with Gasteiger partial charge in [-0.1, -0.05) is 26.0 Å². The first-order valence-electron chi connectivity index (χ1n) is 8.36. The number of aromatic nitrogens is 1. The van der Waals surface area contributed by atoms with Gasteiger partial charge in [0.2, 0.25) is 17.7 Å². The summed E-state index contributed by atoms with van der Waals surface area (Å²) in [5.41, 5.74) is -0.0685.